The lowest BCUT2D eigenvalue weighted by molar-refractivity contribution is 0.636. The molecule has 1 atom stereocenters. The second kappa shape index (κ2) is 6.16. The zero-order valence-corrected chi connectivity index (χ0v) is 10.6. The SMILES string of the molecule is CSc1ccccc1NC1CCCNCC1. The molecule has 1 saturated heterocycles. The first-order valence-electron chi connectivity index (χ1n) is 6.00. The topological polar surface area (TPSA) is 24.1 Å². The van der Waals surface area contributed by atoms with Crippen LogP contribution in [0.5, 0.6) is 0 Å². The van der Waals surface area contributed by atoms with Crippen molar-refractivity contribution in [1.29, 1.82) is 0 Å². The summed E-state index contributed by atoms with van der Waals surface area (Å²) >= 11 is 1.81. The Morgan fingerprint density at radius 3 is 3.00 bits per heavy atom. The predicted molar refractivity (Wildman–Crippen MR) is 72.4 cm³/mol. The van der Waals surface area contributed by atoms with E-state index in [1.54, 1.807) is 0 Å². The van der Waals surface area contributed by atoms with E-state index in [4.69, 9.17) is 0 Å². The van der Waals surface area contributed by atoms with Gasteiger partial charge in [-0.2, -0.15) is 0 Å². The van der Waals surface area contributed by atoms with Crippen molar-refractivity contribution in [2.75, 3.05) is 24.7 Å². The smallest absolute Gasteiger partial charge is 0.0480 e. The average molecular weight is 236 g/mol. The van der Waals surface area contributed by atoms with Crippen LogP contribution in [0.3, 0.4) is 0 Å². The molecule has 0 radical (unpaired) electrons. The van der Waals surface area contributed by atoms with Crippen LogP contribution in [0.25, 0.3) is 0 Å². The minimum absolute atomic E-state index is 0.628. The summed E-state index contributed by atoms with van der Waals surface area (Å²) in [6, 6.07) is 9.21. The number of thioether (sulfide) groups is 1. The minimum Gasteiger partial charge on any atom is -0.381 e. The van der Waals surface area contributed by atoms with Crippen LogP contribution in [0.4, 0.5) is 5.69 Å². The molecule has 1 aliphatic rings. The maximum Gasteiger partial charge on any atom is 0.0480 e. The molecule has 0 aromatic heterocycles. The van der Waals surface area contributed by atoms with Gasteiger partial charge in [0.1, 0.15) is 0 Å². The van der Waals surface area contributed by atoms with Gasteiger partial charge in [0.2, 0.25) is 0 Å². The fourth-order valence-electron chi connectivity index (χ4n) is 2.15. The molecule has 16 heavy (non-hydrogen) atoms. The number of nitrogens with one attached hydrogen (secondary N) is 2. The second-order valence-corrected chi connectivity index (χ2v) is 5.07. The molecule has 1 fully saturated rings. The lowest BCUT2D eigenvalue weighted by Gasteiger charge is -2.19. The standard InChI is InChI=1S/C13H20N2S/c1-16-13-7-3-2-6-12(13)15-11-5-4-9-14-10-8-11/h2-3,6-7,11,14-15H,4-5,8-10H2,1H3. The van der Waals surface area contributed by atoms with E-state index in [-0.39, 0.29) is 0 Å². The minimum atomic E-state index is 0.628. The monoisotopic (exact) mass is 236 g/mol. The molecule has 88 valence electrons. The van der Waals surface area contributed by atoms with Crippen molar-refractivity contribution in [3.05, 3.63) is 24.3 Å². The summed E-state index contributed by atoms with van der Waals surface area (Å²) in [7, 11) is 0. The van der Waals surface area contributed by atoms with Crippen molar-refractivity contribution >= 4 is 17.4 Å². The number of anilines is 1. The van der Waals surface area contributed by atoms with Gasteiger partial charge in [-0.3, -0.25) is 0 Å². The van der Waals surface area contributed by atoms with Crippen molar-refractivity contribution in [3.8, 4) is 0 Å². The molecule has 2 N–H and O–H groups in total. The third kappa shape index (κ3) is 3.16. The Bertz CT molecular complexity index is 319. The van der Waals surface area contributed by atoms with E-state index in [9.17, 15) is 0 Å². The van der Waals surface area contributed by atoms with Crippen LogP contribution in [0.15, 0.2) is 29.2 Å². The molecule has 1 unspecified atom stereocenters. The Labute approximate surface area is 102 Å². The zero-order valence-electron chi connectivity index (χ0n) is 9.83. The fraction of sp³-hybridized carbons (Fsp3) is 0.538. The number of hydrogen-bond acceptors (Lipinski definition) is 3. The molecule has 0 amide bonds. The molecule has 2 rings (SSSR count). The molecule has 0 aliphatic carbocycles. The molecule has 1 aliphatic heterocycles. The average Bonchev–Trinajstić information content (AvgIpc) is 2.58. The Morgan fingerprint density at radius 2 is 2.12 bits per heavy atom. The van der Waals surface area contributed by atoms with Gasteiger partial charge in [0.15, 0.2) is 0 Å². The molecule has 2 nitrogen and oxygen atoms in total. The number of para-hydroxylation sites is 1. The van der Waals surface area contributed by atoms with Crippen LogP contribution in [-0.4, -0.2) is 25.4 Å². The lowest BCUT2D eigenvalue weighted by Crippen LogP contribution is -2.21. The second-order valence-electron chi connectivity index (χ2n) is 4.22. The highest BCUT2D eigenvalue weighted by atomic mass is 32.2. The molecule has 1 aromatic carbocycles. The van der Waals surface area contributed by atoms with Gasteiger partial charge in [-0.25, -0.2) is 0 Å². The van der Waals surface area contributed by atoms with Gasteiger partial charge < -0.3 is 10.6 Å². The summed E-state index contributed by atoms with van der Waals surface area (Å²) in [5.41, 5.74) is 1.29. The summed E-state index contributed by atoms with van der Waals surface area (Å²) in [4.78, 5) is 1.35. The molecular formula is C13H20N2S. The zero-order chi connectivity index (χ0) is 11.2. The summed E-state index contributed by atoms with van der Waals surface area (Å²) in [5, 5.41) is 7.13. The van der Waals surface area contributed by atoms with Gasteiger partial charge in [-0.15, -0.1) is 11.8 Å². The van der Waals surface area contributed by atoms with E-state index in [2.05, 4.69) is 41.2 Å². The van der Waals surface area contributed by atoms with Gasteiger partial charge >= 0.3 is 0 Å². The van der Waals surface area contributed by atoms with Crippen LogP contribution in [-0.2, 0) is 0 Å². The maximum absolute atomic E-state index is 3.68. The number of rotatable bonds is 3. The molecule has 1 heterocycles. The van der Waals surface area contributed by atoms with E-state index >= 15 is 0 Å². The van der Waals surface area contributed by atoms with Crippen molar-refractivity contribution in [1.82, 2.24) is 5.32 Å². The molecule has 0 saturated carbocycles. The normalized spacial score (nSPS) is 21.4. The van der Waals surface area contributed by atoms with Crippen molar-refractivity contribution in [3.63, 3.8) is 0 Å². The molecular weight excluding hydrogens is 216 g/mol. The van der Waals surface area contributed by atoms with Gasteiger partial charge in [-0.05, 0) is 50.7 Å². The van der Waals surface area contributed by atoms with Gasteiger partial charge in [-0.1, -0.05) is 12.1 Å². The van der Waals surface area contributed by atoms with Crippen LogP contribution in [0, 0.1) is 0 Å². The number of hydrogen-bond donors (Lipinski definition) is 2. The molecule has 0 spiro atoms. The van der Waals surface area contributed by atoms with E-state index in [0.29, 0.717) is 6.04 Å². The summed E-state index contributed by atoms with van der Waals surface area (Å²) < 4.78 is 0. The van der Waals surface area contributed by atoms with Crippen molar-refractivity contribution in [2.24, 2.45) is 0 Å². The van der Waals surface area contributed by atoms with Crippen LogP contribution in [0.2, 0.25) is 0 Å². The molecule has 3 heteroatoms. The van der Waals surface area contributed by atoms with Gasteiger partial charge in [0.05, 0.1) is 0 Å². The lowest BCUT2D eigenvalue weighted by atomic mass is 10.1. The quantitative estimate of drug-likeness (QED) is 0.789. The molecule has 0 bridgehead atoms. The third-order valence-electron chi connectivity index (χ3n) is 3.04. The highest BCUT2D eigenvalue weighted by Gasteiger charge is 2.12. The van der Waals surface area contributed by atoms with Gasteiger partial charge in [0.25, 0.3) is 0 Å². The first-order valence-corrected chi connectivity index (χ1v) is 7.23. The van der Waals surface area contributed by atoms with E-state index in [1.165, 1.54) is 36.4 Å². The fourth-order valence-corrected chi connectivity index (χ4v) is 2.71. The van der Waals surface area contributed by atoms with E-state index in [1.807, 2.05) is 11.8 Å². The van der Waals surface area contributed by atoms with Crippen LogP contribution >= 0.6 is 11.8 Å². The van der Waals surface area contributed by atoms with Crippen molar-refractivity contribution in [2.45, 2.75) is 30.2 Å². The Kier molecular flexibility index (Phi) is 4.55. The summed E-state index contributed by atoms with van der Waals surface area (Å²) in [6.07, 6.45) is 5.91. The van der Waals surface area contributed by atoms with Crippen molar-refractivity contribution < 1.29 is 0 Å². The van der Waals surface area contributed by atoms with E-state index in [0.717, 1.165) is 6.54 Å². The Hall–Kier alpha value is -0.670. The summed E-state index contributed by atoms with van der Waals surface area (Å²) in [6.45, 7) is 2.31. The third-order valence-corrected chi connectivity index (χ3v) is 3.84. The van der Waals surface area contributed by atoms with Crippen LogP contribution < -0.4 is 10.6 Å². The molecule has 1 aromatic rings. The van der Waals surface area contributed by atoms with E-state index < -0.39 is 0 Å². The first-order chi connectivity index (χ1) is 7.90. The Morgan fingerprint density at radius 1 is 1.25 bits per heavy atom. The summed E-state index contributed by atoms with van der Waals surface area (Å²) in [5.74, 6) is 0. The van der Waals surface area contributed by atoms with Gasteiger partial charge in [0, 0.05) is 16.6 Å². The van der Waals surface area contributed by atoms with Crippen LogP contribution in [0.1, 0.15) is 19.3 Å². The largest absolute Gasteiger partial charge is 0.381 e. The Balaban J connectivity index is 2.01. The highest BCUT2D eigenvalue weighted by molar-refractivity contribution is 7.98. The predicted octanol–water partition coefficient (Wildman–Crippen LogP) is 2.96. The number of benzene rings is 1. The maximum atomic E-state index is 3.68. The highest BCUT2D eigenvalue weighted by Crippen LogP contribution is 2.26. The first kappa shape index (κ1) is 11.8.